The summed E-state index contributed by atoms with van der Waals surface area (Å²) in [6.45, 7) is 1.19. The Morgan fingerprint density at radius 1 is 0.950 bits per heavy atom. The zero-order valence-corrected chi connectivity index (χ0v) is 21.5. The van der Waals surface area contributed by atoms with Gasteiger partial charge < -0.3 is 47.0 Å². The van der Waals surface area contributed by atoms with E-state index >= 15 is 0 Å². The number of carboxylic acids is 2. The maximum absolute atomic E-state index is 13.4. The number of hydrogen-bond acceptors (Lipinski definition) is 8. The Hall–Kier alpha value is -4.76. The van der Waals surface area contributed by atoms with Crippen LogP contribution in [0.2, 0.25) is 0 Å². The fraction of sp³-hybridized carbons (Fsp3) is 0.360. The van der Waals surface area contributed by atoms with E-state index in [0.717, 1.165) is 10.9 Å². The average Bonchev–Trinajstić information content (AvgIpc) is 3.55. The van der Waals surface area contributed by atoms with Crippen molar-refractivity contribution in [1.82, 2.24) is 30.9 Å². The molecule has 0 radical (unpaired) electrons. The summed E-state index contributed by atoms with van der Waals surface area (Å²) in [5.41, 5.74) is 8.09. The number of carbonyl (C=O) groups excluding carboxylic acids is 3. The molecule has 3 aromatic rings. The molecule has 1 aromatic carbocycles. The highest BCUT2D eigenvalue weighted by Crippen LogP contribution is 2.19. The van der Waals surface area contributed by atoms with Gasteiger partial charge in [-0.25, -0.2) is 9.78 Å². The maximum Gasteiger partial charge on any atom is 0.326 e. The third-order valence-electron chi connectivity index (χ3n) is 6.12. The SMILES string of the molecule is CC(O)C(NC(=O)C(Cc1c[nH]c2ccccc12)NC(=O)C(N)Cc1cnc[nH]1)C(=O)NC(CC(=O)O)C(=O)O. The van der Waals surface area contributed by atoms with Crippen molar-refractivity contribution in [2.45, 2.75) is 56.5 Å². The smallest absolute Gasteiger partial charge is 0.326 e. The molecule has 0 aliphatic heterocycles. The van der Waals surface area contributed by atoms with Crippen molar-refractivity contribution < 1.29 is 39.3 Å². The van der Waals surface area contributed by atoms with Crippen LogP contribution in [-0.2, 0) is 36.8 Å². The largest absolute Gasteiger partial charge is 0.481 e. The zero-order chi connectivity index (χ0) is 29.4. The molecule has 2 aromatic heterocycles. The third-order valence-corrected chi connectivity index (χ3v) is 6.12. The van der Waals surface area contributed by atoms with Gasteiger partial charge in [0.2, 0.25) is 17.7 Å². The lowest BCUT2D eigenvalue weighted by Gasteiger charge is -2.26. The van der Waals surface area contributed by atoms with Gasteiger partial charge in [-0.05, 0) is 18.6 Å². The van der Waals surface area contributed by atoms with Gasteiger partial charge in [0.15, 0.2) is 0 Å². The van der Waals surface area contributed by atoms with E-state index in [2.05, 4.69) is 25.6 Å². The zero-order valence-electron chi connectivity index (χ0n) is 21.5. The predicted octanol–water partition coefficient (Wildman–Crippen LogP) is -1.60. The molecule has 3 rings (SSSR count). The number of imidazole rings is 1. The van der Waals surface area contributed by atoms with E-state index < -0.39 is 66.4 Å². The number of aromatic amines is 2. The molecule has 0 saturated heterocycles. The summed E-state index contributed by atoms with van der Waals surface area (Å²) in [7, 11) is 0. The van der Waals surface area contributed by atoms with Gasteiger partial charge in [-0.3, -0.25) is 19.2 Å². The highest BCUT2D eigenvalue weighted by Gasteiger charge is 2.33. The summed E-state index contributed by atoms with van der Waals surface area (Å²) >= 11 is 0. The number of carboxylic acid groups (broad SMARTS) is 2. The van der Waals surface area contributed by atoms with Crippen molar-refractivity contribution >= 4 is 40.6 Å². The molecular weight excluding hydrogens is 526 g/mol. The average molecular weight is 558 g/mol. The minimum Gasteiger partial charge on any atom is -0.481 e. The van der Waals surface area contributed by atoms with Gasteiger partial charge >= 0.3 is 11.9 Å². The summed E-state index contributed by atoms with van der Waals surface area (Å²) in [6.07, 6.45) is 2.26. The number of rotatable bonds is 14. The molecule has 40 heavy (non-hydrogen) atoms. The summed E-state index contributed by atoms with van der Waals surface area (Å²) in [5, 5.41) is 36.1. The monoisotopic (exact) mass is 557 g/mol. The molecule has 5 atom stereocenters. The number of carbonyl (C=O) groups is 5. The van der Waals surface area contributed by atoms with E-state index in [4.69, 9.17) is 10.8 Å². The molecule has 214 valence electrons. The van der Waals surface area contributed by atoms with E-state index in [0.29, 0.717) is 11.3 Å². The molecule has 10 N–H and O–H groups in total. The van der Waals surface area contributed by atoms with Gasteiger partial charge in [-0.15, -0.1) is 0 Å². The molecule has 0 bridgehead atoms. The number of amides is 3. The molecule has 2 heterocycles. The van der Waals surface area contributed by atoms with Gasteiger partial charge in [-0.2, -0.15) is 0 Å². The Kier molecular flexibility index (Phi) is 9.94. The maximum atomic E-state index is 13.4. The van der Waals surface area contributed by atoms with Crippen LogP contribution in [0.4, 0.5) is 0 Å². The summed E-state index contributed by atoms with van der Waals surface area (Å²) in [5.74, 6) is -5.73. The molecule has 15 nitrogen and oxygen atoms in total. The first-order valence-electron chi connectivity index (χ1n) is 12.3. The standard InChI is InChI=1S/C25H31N7O8/c1-12(33)21(24(38)31-19(25(39)40)8-20(34)35)32-23(37)18(6-13-9-28-17-5-3-2-4-15(13)17)30-22(36)16(26)7-14-10-27-11-29-14/h2-5,9-12,16,18-19,21,28,33H,6-8,26H2,1H3,(H,27,29)(H,30,36)(H,31,38)(H,32,37)(H,34,35)(H,39,40). The van der Waals surface area contributed by atoms with Gasteiger partial charge in [0, 0.05) is 41.8 Å². The number of H-pyrrole nitrogens is 2. The van der Waals surface area contributed by atoms with Gasteiger partial charge in [-0.1, -0.05) is 18.2 Å². The first kappa shape index (κ1) is 29.8. The van der Waals surface area contributed by atoms with E-state index in [1.807, 2.05) is 23.5 Å². The second-order valence-corrected chi connectivity index (χ2v) is 9.24. The first-order chi connectivity index (χ1) is 19.0. The minimum atomic E-state index is -1.80. The fourth-order valence-corrected chi connectivity index (χ4v) is 4.03. The molecule has 0 aliphatic rings. The van der Waals surface area contributed by atoms with Crippen molar-refractivity contribution in [3.05, 3.63) is 54.2 Å². The molecule has 0 spiro atoms. The van der Waals surface area contributed by atoms with Gasteiger partial charge in [0.1, 0.15) is 18.1 Å². The molecule has 0 aliphatic carbocycles. The quantitative estimate of drug-likeness (QED) is 0.110. The highest BCUT2D eigenvalue weighted by molar-refractivity contribution is 5.95. The number of fused-ring (bicyclic) bond motifs is 1. The van der Waals surface area contributed by atoms with Gasteiger partial charge in [0.05, 0.1) is 24.9 Å². The van der Waals surface area contributed by atoms with E-state index in [1.54, 1.807) is 12.3 Å². The Morgan fingerprint density at radius 3 is 2.27 bits per heavy atom. The second-order valence-electron chi connectivity index (χ2n) is 9.24. The number of nitrogens with zero attached hydrogens (tertiary/aromatic N) is 1. The summed E-state index contributed by atoms with van der Waals surface area (Å²) < 4.78 is 0. The van der Waals surface area contributed by atoms with Crippen LogP contribution < -0.4 is 21.7 Å². The van der Waals surface area contributed by atoms with Crippen LogP contribution in [0, 0.1) is 0 Å². The van der Waals surface area contributed by atoms with Gasteiger partial charge in [0.25, 0.3) is 0 Å². The number of aromatic nitrogens is 3. The van der Waals surface area contributed by atoms with Crippen molar-refractivity contribution in [2.24, 2.45) is 5.73 Å². The molecule has 5 unspecified atom stereocenters. The second kappa shape index (κ2) is 13.3. The van der Waals surface area contributed by atoms with Crippen molar-refractivity contribution in [1.29, 1.82) is 0 Å². The van der Waals surface area contributed by atoms with Crippen molar-refractivity contribution in [2.75, 3.05) is 0 Å². The fourth-order valence-electron chi connectivity index (χ4n) is 4.03. The minimum absolute atomic E-state index is 0.0245. The summed E-state index contributed by atoms with van der Waals surface area (Å²) in [6, 6.07) is 1.50. The Morgan fingerprint density at radius 2 is 1.65 bits per heavy atom. The molecule has 3 amide bonds. The van der Waals surface area contributed by atoms with E-state index in [9.17, 15) is 34.2 Å². The third kappa shape index (κ3) is 7.87. The number of benzene rings is 1. The number of nitrogens with one attached hydrogen (secondary N) is 5. The summed E-state index contributed by atoms with van der Waals surface area (Å²) in [4.78, 5) is 71.3. The lowest BCUT2D eigenvalue weighted by atomic mass is 10.0. The predicted molar refractivity (Wildman–Crippen MR) is 140 cm³/mol. The molecular formula is C25H31N7O8. The normalized spacial score (nSPS) is 14.9. The van der Waals surface area contributed by atoms with Crippen LogP contribution in [0.15, 0.2) is 43.0 Å². The lowest BCUT2D eigenvalue weighted by Crippen LogP contribution is -2.60. The molecule has 0 fully saturated rings. The van der Waals surface area contributed by atoms with Crippen LogP contribution in [0.25, 0.3) is 10.9 Å². The molecule has 0 saturated carbocycles. The number of aliphatic carboxylic acids is 2. The number of aliphatic hydroxyl groups excluding tert-OH is 1. The first-order valence-corrected chi connectivity index (χ1v) is 12.3. The van der Waals surface area contributed by atoms with Crippen molar-refractivity contribution in [3.8, 4) is 0 Å². The Labute approximate surface area is 227 Å². The number of aliphatic hydroxyl groups is 1. The van der Waals surface area contributed by atoms with Crippen LogP contribution in [0.5, 0.6) is 0 Å². The van der Waals surface area contributed by atoms with E-state index in [-0.39, 0.29) is 12.8 Å². The Balaban J connectivity index is 1.81. The topological polar surface area (TPSA) is 253 Å². The van der Waals surface area contributed by atoms with E-state index in [1.165, 1.54) is 19.4 Å². The number of hydrogen-bond donors (Lipinski definition) is 9. The Bertz CT molecular complexity index is 1350. The molecule has 15 heteroatoms. The number of para-hydroxylation sites is 1. The lowest BCUT2D eigenvalue weighted by molar-refractivity contribution is -0.148. The van der Waals surface area contributed by atoms with Crippen LogP contribution >= 0.6 is 0 Å². The van der Waals surface area contributed by atoms with Crippen molar-refractivity contribution in [3.63, 3.8) is 0 Å². The van der Waals surface area contributed by atoms with Crippen LogP contribution in [0.1, 0.15) is 24.6 Å². The highest BCUT2D eigenvalue weighted by atomic mass is 16.4. The number of nitrogens with two attached hydrogens (primary N) is 1. The van der Waals surface area contributed by atoms with Crippen LogP contribution in [0.3, 0.4) is 0 Å². The van der Waals surface area contributed by atoms with Crippen LogP contribution in [-0.4, -0.2) is 90.2 Å².